The number of aromatic amines is 2. The van der Waals surface area contributed by atoms with Gasteiger partial charge in [-0.2, -0.15) is 0 Å². The van der Waals surface area contributed by atoms with Crippen molar-refractivity contribution in [2.75, 3.05) is 0 Å². The minimum absolute atomic E-state index is 0.0953. The molecule has 3 aliphatic rings. The summed E-state index contributed by atoms with van der Waals surface area (Å²) in [5, 5.41) is 5.34. The van der Waals surface area contributed by atoms with E-state index in [4.69, 9.17) is 19.4 Å². The average Bonchev–Trinajstić information content (AvgIpc) is 3.85. The first-order valence-corrected chi connectivity index (χ1v) is 19.3. The molecule has 1 aliphatic heterocycles. The summed E-state index contributed by atoms with van der Waals surface area (Å²) < 4.78 is 11.2. The van der Waals surface area contributed by atoms with Crippen LogP contribution in [-0.4, -0.2) is 60.3 Å². The summed E-state index contributed by atoms with van der Waals surface area (Å²) in [4.78, 5) is 44.0. The summed E-state index contributed by atoms with van der Waals surface area (Å²) >= 11 is 0. The number of alkyl carbamates (subject to hydrolysis) is 1. The maximum absolute atomic E-state index is 13.1. The summed E-state index contributed by atoms with van der Waals surface area (Å²) in [5.74, 6) is 2.78. The monoisotopic (exact) mass is 724 g/mol. The van der Waals surface area contributed by atoms with E-state index in [1.165, 1.54) is 10.8 Å². The quantitative estimate of drug-likeness (QED) is 0.151. The van der Waals surface area contributed by atoms with Gasteiger partial charge in [0, 0.05) is 18.5 Å². The molecule has 2 aromatic heterocycles. The van der Waals surface area contributed by atoms with Crippen LogP contribution < -0.4 is 5.32 Å². The van der Waals surface area contributed by atoms with Gasteiger partial charge in [-0.15, -0.1) is 0 Å². The lowest BCUT2D eigenvalue weighted by molar-refractivity contribution is 0.0175. The molecule has 3 N–H and O–H groups in total. The molecule has 10 heteroatoms. The Bertz CT molecular complexity index is 2430. The van der Waals surface area contributed by atoms with Gasteiger partial charge < -0.3 is 24.8 Å². The van der Waals surface area contributed by atoms with Crippen molar-refractivity contribution in [2.45, 2.75) is 103 Å². The second-order valence-corrected chi connectivity index (χ2v) is 17.5. The van der Waals surface area contributed by atoms with Crippen molar-refractivity contribution in [3.8, 4) is 22.3 Å². The predicted octanol–water partition coefficient (Wildman–Crippen LogP) is 9.84. The number of amides is 2. The number of carbonyl (C=O) groups is 2. The predicted molar refractivity (Wildman–Crippen MR) is 211 cm³/mol. The van der Waals surface area contributed by atoms with Gasteiger partial charge in [0.1, 0.15) is 22.9 Å². The minimum Gasteiger partial charge on any atom is -0.444 e. The Kier molecular flexibility index (Phi) is 8.03. The Labute approximate surface area is 315 Å². The van der Waals surface area contributed by atoms with Crippen molar-refractivity contribution in [3.63, 3.8) is 0 Å². The maximum Gasteiger partial charge on any atom is 0.411 e. The number of nitrogens with one attached hydrogen (secondary N) is 3. The first-order valence-electron chi connectivity index (χ1n) is 19.3. The van der Waals surface area contributed by atoms with Crippen molar-refractivity contribution < 1.29 is 19.1 Å². The van der Waals surface area contributed by atoms with Crippen LogP contribution in [0.4, 0.5) is 9.59 Å². The van der Waals surface area contributed by atoms with Crippen LogP contribution in [0.15, 0.2) is 72.8 Å². The molecule has 2 saturated carbocycles. The molecule has 3 fully saturated rings. The summed E-state index contributed by atoms with van der Waals surface area (Å²) in [5.41, 5.74) is 7.35. The number of carbonyl (C=O) groups excluding carboxylic acids is 2. The summed E-state index contributed by atoms with van der Waals surface area (Å²) in [6.07, 6.45) is 4.15. The highest BCUT2D eigenvalue weighted by Gasteiger charge is 2.56. The number of nitrogens with zero attached hydrogens (tertiary/aromatic N) is 3. The lowest BCUT2D eigenvalue weighted by atomic mass is 9.97. The van der Waals surface area contributed by atoms with Crippen LogP contribution in [0.1, 0.15) is 84.9 Å². The topological polar surface area (TPSA) is 125 Å². The number of H-pyrrole nitrogens is 2. The number of fused-ring (bicyclic) bond motifs is 4. The van der Waals surface area contributed by atoms with Crippen molar-refractivity contribution in [1.29, 1.82) is 0 Å². The van der Waals surface area contributed by atoms with Crippen LogP contribution in [0.2, 0.25) is 0 Å². The van der Waals surface area contributed by atoms with Gasteiger partial charge in [-0.3, -0.25) is 4.90 Å². The summed E-state index contributed by atoms with van der Waals surface area (Å²) in [6.45, 7) is 11.4. The van der Waals surface area contributed by atoms with Gasteiger partial charge >= 0.3 is 12.2 Å². The molecule has 5 atom stereocenters. The number of ether oxygens (including phenoxy) is 2. The van der Waals surface area contributed by atoms with Crippen LogP contribution in [0, 0.1) is 11.8 Å². The van der Waals surface area contributed by atoms with Gasteiger partial charge in [0.15, 0.2) is 0 Å². The molecule has 0 spiro atoms. The largest absolute Gasteiger partial charge is 0.444 e. The van der Waals surface area contributed by atoms with Crippen molar-refractivity contribution in [3.05, 3.63) is 84.4 Å². The van der Waals surface area contributed by atoms with E-state index in [-0.39, 0.29) is 30.3 Å². The summed E-state index contributed by atoms with van der Waals surface area (Å²) in [7, 11) is 0. The van der Waals surface area contributed by atoms with Crippen LogP contribution in [0.5, 0.6) is 0 Å². The first-order chi connectivity index (χ1) is 25.7. The van der Waals surface area contributed by atoms with E-state index in [0.29, 0.717) is 11.8 Å². The maximum atomic E-state index is 13.1. The molecular formula is C44H48N6O4. The lowest BCUT2D eigenvalue weighted by Gasteiger charge is -2.29. The molecule has 278 valence electrons. The summed E-state index contributed by atoms with van der Waals surface area (Å²) in [6, 6.07) is 26.3. The third kappa shape index (κ3) is 7.01. The van der Waals surface area contributed by atoms with Crippen molar-refractivity contribution >= 4 is 45.0 Å². The van der Waals surface area contributed by atoms with Gasteiger partial charge in [0.05, 0.1) is 28.1 Å². The Morgan fingerprint density at radius 1 is 0.741 bits per heavy atom. The number of hydrogen-bond donors (Lipinski definition) is 3. The van der Waals surface area contributed by atoms with E-state index in [1.54, 1.807) is 0 Å². The van der Waals surface area contributed by atoms with Gasteiger partial charge in [0.2, 0.25) is 0 Å². The van der Waals surface area contributed by atoms with Crippen LogP contribution >= 0.6 is 0 Å². The molecular weight excluding hydrogens is 677 g/mol. The standard InChI is InChI=1S/C44H48N6O4/c1-43(2,3)53-41(51)49-34-21-30(34)13-16-39-45-32-14-11-28(19-35(32)46-39)26-9-7-25-18-27(10-8-24(25)17-26)29-12-15-33-36(20-29)48-40(47-33)38-23-31-22-37(31)50(38)42(52)54-44(4,5)6/h7-12,14-15,17-20,30-31,34,37-38H,13,16,21-23H2,1-6H3,(H,45,46)(H,47,48)(H,49,51)/t30-,31+,34+,37+,38-/m0/s1. The first kappa shape index (κ1) is 34.4. The Hall–Kier alpha value is -5.38. The number of piperidine rings is 1. The number of hydrogen-bond acceptors (Lipinski definition) is 6. The molecule has 6 aromatic rings. The normalized spacial score (nSPS) is 22.1. The fraction of sp³-hybridized carbons (Fsp3) is 0.409. The smallest absolute Gasteiger partial charge is 0.411 e. The fourth-order valence-corrected chi connectivity index (χ4v) is 8.13. The van der Waals surface area contributed by atoms with Crippen molar-refractivity contribution in [1.82, 2.24) is 30.2 Å². The number of aromatic nitrogens is 4. The van der Waals surface area contributed by atoms with Crippen molar-refractivity contribution in [2.24, 2.45) is 11.8 Å². The highest BCUT2D eigenvalue weighted by Crippen LogP contribution is 2.53. The zero-order chi connectivity index (χ0) is 37.5. The Morgan fingerprint density at radius 2 is 1.33 bits per heavy atom. The van der Waals surface area contributed by atoms with Gasteiger partial charge in [-0.05, 0) is 148 Å². The second kappa shape index (κ2) is 12.6. The zero-order valence-corrected chi connectivity index (χ0v) is 31.8. The van der Waals surface area contributed by atoms with Crippen LogP contribution in [0.25, 0.3) is 55.1 Å². The Morgan fingerprint density at radius 3 is 1.98 bits per heavy atom. The van der Waals surface area contributed by atoms with Crippen LogP contribution in [0.3, 0.4) is 0 Å². The number of likely N-dealkylation sites (tertiary alicyclic amines) is 1. The third-order valence-corrected chi connectivity index (χ3v) is 10.9. The molecule has 0 bridgehead atoms. The highest BCUT2D eigenvalue weighted by molar-refractivity contribution is 5.93. The number of imidazole rings is 2. The van der Waals surface area contributed by atoms with E-state index in [0.717, 1.165) is 88.1 Å². The Balaban J connectivity index is 0.875. The molecule has 10 nitrogen and oxygen atoms in total. The molecule has 2 aliphatic carbocycles. The molecule has 0 unspecified atom stereocenters. The molecule has 54 heavy (non-hydrogen) atoms. The van der Waals surface area contributed by atoms with E-state index >= 15 is 0 Å². The minimum atomic E-state index is -0.537. The van der Waals surface area contributed by atoms with Gasteiger partial charge in [-0.1, -0.05) is 36.4 Å². The zero-order valence-electron chi connectivity index (χ0n) is 31.8. The van der Waals surface area contributed by atoms with E-state index in [1.807, 2.05) is 46.4 Å². The molecule has 1 saturated heterocycles. The highest BCUT2D eigenvalue weighted by atomic mass is 16.6. The molecule has 2 amide bonds. The number of benzene rings is 4. The number of aryl methyl sites for hydroxylation is 1. The third-order valence-electron chi connectivity index (χ3n) is 10.9. The molecule has 4 aromatic carbocycles. The molecule has 0 radical (unpaired) electrons. The van der Waals surface area contributed by atoms with Gasteiger partial charge in [-0.25, -0.2) is 19.6 Å². The fourth-order valence-electron chi connectivity index (χ4n) is 8.13. The van der Waals surface area contributed by atoms with Crippen LogP contribution in [-0.2, 0) is 15.9 Å². The SMILES string of the molecule is CC(C)(C)OC(=O)N[C@@H]1C[C@@H]1CCc1nc2ccc(-c3ccc4cc(-c5ccc6nc([C@@H]7C[C@H]8C[C@H]8N7C(=O)OC(C)(C)C)[nH]c6c5)ccc4c3)cc2[nH]1. The van der Waals surface area contributed by atoms with E-state index in [2.05, 4.69) is 88.1 Å². The van der Waals surface area contributed by atoms with E-state index in [9.17, 15) is 9.59 Å². The van der Waals surface area contributed by atoms with E-state index < -0.39 is 11.2 Å². The lowest BCUT2D eigenvalue weighted by Crippen LogP contribution is -2.38. The average molecular weight is 725 g/mol. The van der Waals surface area contributed by atoms with Gasteiger partial charge in [0.25, 0.3) is 0 Å². The second-order valence-electron chi connectivity index (χ2n) is 17.5. The molecule has 9 rings (SSSR count). The molecule has 3 heterocycles. The number of rotatable bonds is 7.